The minimum Gasteiger partial charge on any atom is -0.481 e. The summed E-state index contributed by atoms with van der Waals surface area (Å²) in [6.45, 7) is 3.55. The van der Waals surface area contributed by atoms with E-state index in [-0.39, 0.29) is 12.2 Å². The molecule has 1 aromatic rings. The number of hydrogen-bond acceptors (Lipinski definition) is 1. The summed E-state index contributed by atoms with van der Waals surface area (Å²) in [5, 5.41) is 8.94. The van der Waals surface area contributed by atoms with Crippen LogP contribution >= 0.6 is 15.9 Å². The average Bonchev–Trinajstić information content (AvgIpc) is 2.95. The molecule has 0 amide bonds. The van der Waals surface area contributed by atoms with E-state index >= 15 is 0 Å². The van der Waals surface area contributed by atoms with E-state index in [9.17, 15) is 9.18 Å². The molecule has 0 heterocycles. The van der Waals surface area contributed by atoms with Gasteiger partial charge in [0.1, 0.15) is 5.82 Å². The normalized spacial score (nSPS) is 16.9. The SMILES string of the molecule is Cc1cc(Br)c(C)c(C2(CC(=O)O)CC2)c1F. The van der Waals surface area contributed by atoms with Crippen molar-refractivity contribution < 1.29 is 14.3 Å². The number of carbonyl (C=O) groups is 1. The molecule has 92 valence electrons. The number of halogens is 2. The maximum Gasteiger partial charge on any atom is 0.304 e. The molecule has 1 N–H and O–H groups in total. The summed E-state index contributed by atoms with van der Waals surface area (Å²) in [5.41, 5.74) is 1.50. The summed E-state index contributed by atoms with van der Waals surface area (Å²) >= 11 is 3.40. The van der Waals surface area contributed by atoms with Gasteiger partial charge in [-0.2, -0.15) is 0 Å². The van der Waals surface area contributed by atoms with Crippen LogP contribution in [0.3, 0.4) is 0 Å². The van der Waals surface area contributed by atoms with Gasteiger partial charge in [0, 0.05) is 9.89 Å². The quantitative estimate of drug-likeness (QED) is 0.924. The molecule has 0 atom stereocenters. The highest BCUT2D eigenvalue weighted by Crippen LogP contribution is 2.54. The third-order valence-corrected chi connectivity index (χ3v) is 4.34. The van der Waals surface area contributed by atoms with Crippen LogP contribution in [0.2, 0.25) is 0 Å². The van der Waals surface area contributed by atoms with Crippen LogP contribution in [-0.2, 0) is 10.2 Å². The van der Waals surface area contributed by atoms with Crippen molar-refractivity contribution in [2.24, 2.45) is 0 Å². The van der Waals surface area contributed by atoms with Crippen LogP contribution in [0.1, 0.15) is 36.0 Å². The number of hydrogen-bond donors (Lipinski definition) is 1. The summed E-state index contributed by atoms with van der Waals surface area (Å²) in [5.74, 6) is -1.11. The van der Waals surface area contributed by atoms with Crippen LogP contribution in [0.15, 0.2) is 10.5 Å². The van der Waals surface area contributed by atoms with Crippen LogP contribution in [0.5, 0.6) is 0 Å². The minimum absolute atomic E-state index is 0.0145. The van der Waals surface area contributed by atoms with E-state index in [1.165, 1.54) is 0 Å². The first-order valence-corrected chi connectivity index (χ1v) is 6.34. The fraction of sp³-hybridized carbons (Fsp3) is 0.462. The Bertz CT molecular complexity index is 466. The molecule has 1 saturated carbocycles. The van der Waals surface area contributed by atoms with Gasteiger partial charge in [0.25, 0.3) is 0 Å². The van der Waals surface area contributed by atoms with Gasteiger partial charge < -0.3 is 5.11 Å². The van der Waals surface area contributed by atoms with Crippen molar-refractivity contribution in [2.75, 3.05) is 0 Å². The van der Waals surface area contributed by atoms with Crippen LogP contribution < -0.4 is 0 Å². The van der Waals surface area contributed by atoms with Gasteiger partial charge in [0.15, 0.2) is 0 Å². The topological polar surface area (TPSA) is 37.3 Å². The van der Waals surface area contributed by atoms with Crippen molar-refractivity contribution in [3.63, 3.8) is 0 Å². The van der Waals surface area contributed by atoms with Crippen LogP contribution in [-0.4, -0.2) is 11.1 Å². The molecule has 1 aromatic carbocycles. The van der Waals surface area contributed by atoms with Gasteiger partial charge in [-0.05, 0) is 49.4 Å². The van der Waals surface area contributed by atoms with Gasteiger partial charge in [-0.3, -0.25) is 4.79 Å². The molecule has 2 rings (SSSR count). The summed E-state index contributed by atoms with van der Waals surface area (Å²) in [4.78, 5) is 10.9. The molecule has 1 aliphatic carbocycles. The molecule has 0 spiro atoms. The van der Waals surface area contributed by atoms with E-state index in [1.807, 2.05) is 6.92 Å². The van der Waals surface area contributed by atoms with E-state index in [4.69, 9.17) is 5.11 Å². The predicted molar refractivity (Wildman–Crippen MR) is 66.7 cm³/mol. The number of carboxylic acid groups (broad SMARTS) is 1. The number of rotatable bonds is 3. The third-order valence-electron chi connectivity index (χ3n) is 3.52. The Balaban J connectivity index is 2.55. The summed E-state index contributed by atoms with van der Waals surface area (Å²) in [6.07, 6.45) is 1.53. The first-order chi connectivity index (χ1) is 7.87. The van der Waals surface area contributed by atoms with Gasteiger partial charge in [0.2, 0.25) is 0 Å². The molecule has 4 heteroatoms. The maximum atomic E-state index is 14.2. The largest absolute Gasteiger partial charge is 0.481 e. The summed E-state index contributed by atoms with van der Waals surface area (Å²) in [6, 6.07) is 1.74. The van der Waals surface area contributed by atoms with E-state index in [0.717, 1.165) is 22.9 Å². The van der Waals surface area contributed by atoms with Crippen LogP contribution in [0.4, 0.5) is 4.39 Å². The Kier molecular flexibility index (Phi) is 3.02. The fourth-order valence-electron chi connectivity index (χ4n) is 2.43. The zero-order valence-electron chi connectivity index (χ0n) is 9.81. The van der Waals surface area contributed by atoms with Crippen molar-refractivity contribution in [1.82, 2.24) is 0 Å². The highest BCUT2D eigenvalue weighted by molar-refractivity contribution is 9.10. The van der Waals surface area contributed by atoms with Gasteiger partial charge in [-0.15, -0.1) is 0 Å². The number of aryl methyl sites for hydroxylation is 1. The van der Waals surface area contributed by atoms with E-state index in [0.29, 0.717) is 11.1 Å². The second kappa shape index (κ2) is 4.09. The molecule has 1 fully saturated rings. The van der Waals surface area contributed by atoms with Crippen molar-refractivity contribution in [3.05, 3.63) is 33.0 Å². The molecular formula is C13H14BrFO2. The lowest BCUT2D eigenvalue weighted by atomic mass is 9.87. The molecule has 0 unspecified atom stereocenters. The van der Waals surface area contributed by atoms with Crippen LogP contribution in [0.25, 0.3) is 0 Å². The Hall–Kier alpha value is -0.900. The van der Waals surface area contributed by atoms with E-state index in [1.54, 1.807) is 13.0 Å². The second-order valence-electron chi connectivity index (χ2n) is 4.84. The first-order valence-electron chi connectivity index (χ1n) is 5.55. The van der Waals surface area contributed by atoms with Gasteiger partial charge in [-0.25, -0.2) is 4.39 Å². The monoisotopic (exact) mass is 300 g/mol. The average molecular weight is 301 g/mol. The molecule has 0 bridgehead atoms. The highest BCUT2D eigenvalue weighted by Gasteiger charge is 2.49. The van der Waals surface area contributed by atoms with Gasteiger partial charge in [0.05, 0.1) is 6.42 Å². The zero-order chi connectivity index (χ0) is 12.8. The Morgan fingerprint density at radius 1 is 1.53 bits per heavy atom. The number of benzene rings is 1. The second-order valence-corrected chi connectivity index (χ2v) is 5.69. The van der Waals surface area contributed by atoms with Crippen LogP contribution in [0, 0.1) is 19.7 Å². The third kappa shape index (κ3) is 2.10. The highest BCUT2D eigenvalue weighted by atomic mass is 79.9. The lowest BCUT2D eigenvalue weighted by Gasteiger charge is -2.19. The Morgan fingerprint density at radius 2 is 2.12 bits per heavy atom. The minimum atomic E-state index is -0.862. The van der Waals surface area contributed by atoms with Crippen molar-refractivity contribution in [1.29, 1.82) is 0 Å². The molecule has 1 aliphatic rings. The summed E-state index contributed by atoms with van der Waals surface area (Å²) < 4.78 is 15.1. The molecule has 0 radical (unpaired) electrons. The van der Waals surface area contributed by atoms with Gasteiger partial charge >= 0.3 is 5.97 Å². The molecule has 0 aliphatic heterocycles. The molecule has 2 nitrogen and oxygen atoms in total. The lowest BCUT2D eigenvalue weighted by Crippen LogP contribution is -2.17. The van der Waals surface area contributed by atoms with Crippen molar-refractivity contribution in [2.45, 2.75) is 38.5 Å². The van der Waals surface area contributed by atoms with Crippen molar-refractivity contribution >= 4 is 21.9 Å². The standard InChI is InChI=1S/C13H14BrFO2/c1-7-5-9(14)8(2)11(12(7)15)13(3-4-13)6-10(16)17/h5H,3-4,6H2,1-2H3,(H,16,17). The smallest absolute Gasteiger partial charge is 0.304 e. The Labute approximate surface area is 108 Å². The van der Waals surface area contributed by atoms with Crippen molar-refractivity contribution in [3.8, 4) is 0 Å². The molecular weight excluding hydrogens is 287 g/mol. The van der Waals surface area contributed by atoms with E-state index < -0.39 is 11.4 Å². The Morgan fingerprint density at radius 3 is 2.59 bits per heavy atom. The zero-order valence-corrected chi connectivity index (χ0v) is 11.4. The lowest BCUT2D eigenvalue weighted by molar-refractivity contribution is -0.137. The number of carboxylic acids is 1. The molecule has 0 saturated heterocycles. The summed E-state index contributed by atoms with van der Waals surface area (Å²) in [7, 11) is 0. The fourth-order valence-corrected chi connectivity index (χ4v) is 2.97. The predicted octanol–water partition coefficient (Wildman–Crippen LogP) is 3.71. The molecule has 17 heavy (non-hydrogen) atoms. The molecule has 0 aromatic heterocycles. The maximum absolute atomic E-state index is 14.2. The number of aliphatic carboxylic acids is 1. The van der Waals surface area contributed by atoms with E-state index in [2.05, 4.69) is 15.9 Å². The first kappa shape index (κ1) is 12.6. The van der Waals surface area contributed by atoms with Gasteiger partial charge in [-0.1, -0.05) is 15.9 Å².